The van der Waals surface area contributed by atoms with Crippen LogP contribution in [0.15, 0.2) is 43.0 Å². The van der Waals surface area contributed by atoms with Crippen molar-refractivity contribution in [2.45, 2.75) is 0 Å². The Morgan fingerprint density at radius 2 is 1.83 bits per heavy atom. The molecule has 1 aliphatic rings. The molecule has 1 aliphatic heterocycles. The smallest absolute Gasteiger partial charge is 0.236 e. The molecule has 0 atom stereocenters. The zero-order valence-corrected chi connectivity index (χ0v) is 15.7. The number of pyridine rings is 1. The monoisotopic (exact) mass is 411 g/mol. The number of methoxy groups -OCH3 is 1. The highest BCUT2D eigenvalue weighted by molar-refractivity contribution is 5.80. The van der Waals surface area contributed by atoms with Gasteiger partial charge in [0.25, 0.3) is 0 Å². The van der Waals surface area contributed by atoms with E-state index in [9.17, 15) is 8.78 Å². The van der Waals surface area contributed by atoms with Crippen LogP contribution in [0.3, 0.4) is 0 Å². The van der Waals surface area contributed by atoms with Gasteiger partial charge in [-0.1, -0.05) is 0 Å². The Kier molecular flexibility index (Phi) is 4.31. The van der Waals surface area contributed by atoms with E-state index in [2.05, 4.69) is 20.3 Å². The van der Waals surface area contributed by atoms with E-state index in [0.717, 1.165) is 12.4 Å². The fourth-order valence-electron chi connectivity index (χ4n) is 3.21. The van der Waals surface area contributed by atoms with E-state index < -0.39 is 11.6 Å². The Morgan fingerprint density at radius 1 is 1.07 bits per heavy atom. The molecule has 0 saturated heterocycles. The second kappa shape index (κ2) is 7.14. The summed E-state index contributed by atoms with van der Waals surface area (Å²) < 4.78 is 46.9. The van der Waals surface area contributed by atoms with Crippen LogP contribution in [0, 0.1) is 11.6 Å². The highest BCUT2D eigenvalue weighted by Gasteiger charge is 2.23. The number of hydrogen-bond donors (Lipinski definition) is 1. The van der Waals surface area contributed by atoms with Crippen molar-refractivity contribution >= 4 is 17.3 Å². The van der Waals surface area contributed by atoms with Gasteiger partial charge in [0.05, 0.1) is 37.5 Å². The molecule has 152 valence electrons. The van der Waals surface area contributed by atoms with Crippen LogP contribution >= 0.6 is 0 Å². The SMILES string of the molecule is COc1cnc2nc(-c3c(F)cncc3F)c(Nc3ccc4c(c3)OCCO4)n2c1. The third-order valence-electron chi connectivity index (χ3n) is 4.59. The number of rotatable bonds is 4. The molecule has 10 heteroatoms. The van der Waals surface area contributed by atoms with Crippen molar-refractivity contribution in [3.05, 3.63) is 54.6 Å². The van der Waals surface area contributed by atoms with Crippen LogP contribution < -0.4 is 19.5 Å². The molecule has 0 radical (unpaired) electrons. The van der Waals surface area contributed by atoms with E-state index in [4.69, 9.17) is 14.2 Å². The van der Waals surface area contributed by atoms with Crippen LogP contribution in [0.2, 0.25) is 0 Å². The molecule has 0 saturated carbocycles. The van der Waals surface area contributed by atoms with Gasteiger partial charge in [-0.2, -0.15) is 0 Å². The molecule has 0 fully saturated rings. The molecule has 0 bridgehead atoms. The van der Waals surface area contributed by atoms with Gasteiger partial charge in [-0.3, -0.25) is 9.38 Å². The minimum absolute atomic E-state index is 0.0445. The summed E-state index contributed by atoms with van der Waals surface area (Å²) in [5.41, 5.74) is 0.345. The molecular weight excluding hydrogens is 396 g/mol. The first-order chi connectivity index (χ1) is 14.6. The van der Waals surface area contributed by atoms with Crippen LogP contribution in [0.4, 0.5) is 20.3 Å². The average Bonchev–Trinajstić information content (AvgIpc) is 3.10. The molecule has 1 N–H and O–H groups in total. The van der Waals surface area contributed by atoms with Gasteiger partial charge in [0, 0.05) is 11.8 Å². The lowest BCUT2D eigenvalue weighted by Gasteiger charge is -2.19. The Hall–Kier alpha value is -3.95. The van der Waals surface area contributed by atoms with Crippen molar-refractivity contribution in [1.82, 2.24) is 19.4 Å². The number of fused-ring (bicyclic) bond motifs is 2. The average molecular weight is 411 g/mol. The molecular formula is C20H15F2N5O3. The quantitative estimate of drug-likeness (QED) is 0.549. The predicted octanol–water partition coefficient (Wildman–Crippen LogP) is 3.59. The fraction of sp³-hybridized carbons (Fsp3) is 0.150. The lowest BCUT2D eigenvalue weighted by Crippen LogP contribution is -2.15. The number of benzene rings is 1. The van der Waals surface area contributed by atoms with Gasteiger partial charge in [0.2, 0.25) is 5.78 Å². The van der Waals surface area contributed by atoms with E-state index in [1.807, 2.05) is 0 Å². The number of anilines is 2. The summed E-state index contributed by atoms with van der Waals surface area (Å²) in [6.07, 6.45) is 4.96. The molecule has 4 heterocycles. The van der Waals surface area contributed by atoms with Crippen LogP contribution in [-0.4, -0.2) is 39.7 Å². The number of halogens is 2. The second-order valence-corrected chi connectivity index (χ2v) is 6.43. The molecule has 3 aromatic heterocycles. The first-order valence-electron chi connectivity index (χ1n) is 9.02. The van der Waals surface area contributed by atoms with E-state index in [1.54, 1.807) is 28.8 Å². The molecule has 0 amide bonds. The fourth-order valence-corrected chi connectivity index (χ4v) is 3.21. The lowest BCUT2D eigenvalue weighted by atomic mass is 10.1. The number of nitrogens with one attached hydrogen (secondary N) is 1. The molecule has 8 nitrogen and oxygen atoms in total. The van der Waals surface area contributed by atoms with Crippen molar-refractivity contribution in [2.75, 3.05) is 25.6 Å². The summed E-state index contributed by atoms with van der Waals surface area (Å²) in [7, 11) is 1.50. The van der Waals surface area contributed by atoms with Crippen LogP contribution in [0.5, 0.6) is 17.2 Å². The predicted molar refractivity (Wildman–Crippen MR) is 103 cm³/mol. The molecule has 4 aromatic rings. The molecule has 0 unspecified atom stereocenters. The standard InChI is InChI=1S/C20H15F2N5O3/c1-28-12-7-24-20-26-18(17-13(21)8-23-9-14(17)22)19(27(20)10-12)25-11-2-3-15-16(6-11)30-5-4-29-15/h2-3,6-10,25H,4-5H2,1H3. The maximum Gasteiger partial charge on any atom is 0.236 e. The van der Waals surface area contributed by atoms with E-state index in [-0.39, 0.29) is 17.0 Å². The Bertz CT molecular complexity index is 1240. The Labute approximate surface area is 169 Å². The molecule has 1 aromatic carbocycles. The van der Waals surface area contributed by atoms with Crippen molar-refractivity contribution in [3.63, 3.8) is 0 Å². The second-order valence-electron chi connectivity index (χ2n) is 6.43. The number of ether oxygens (including phenoxy) is 3. The van der Waals surface area contributed by atoms with Crippen molar-refractivity contribution in [1.29, 1.82) is 0 Å². The zero-order chi connectivity index (χ0) is 20.7. The summed E-state index contributed by atoms with van der Waals surface area (Å²) in [6.45, 7) is 0.912. The topological polar surface area (TPSA) is 82.8 Å². The highest BCUT2D eigenvalue weighted by Crippen LogP contribution is 2.37. The molecule has 30 heavy (non-hydrogen) atoms. The zero-order valence-electron chi connectivity index (χ0n) is 15.7. The first-order valence-corrected chi connectivity index (χ1v) is 9.02. The van der Waals surface area contributed by atoms with Gasteiger partial charge in [0.1, 0.15) is 24.7 Å². The van der Waals surface area contributed by atoms with Gasteiger partial charge in [-0.05, 0) is 12.1 Å². The summed E-state index contributed by atoms with van der Waals surface area (Å²) in [5, 5.41) is 3.17. The third kappa shape index (κ3) is 3.02. The highest BCUT2D eigenvalue weighted by atomic mass is 19.1. The normalized spacial score (nSPS) is 12.8. The Morgan fingerprint density at radius 3 is 2.60 bits per heavy atom. The van der Waals surface area contributed by atoms with Gasteiger partial charge >= 0.3 is 0 Å². The summed E-state index contributed by atoms with van der Waals surface area (Å²) >= 11 is 0. The van der Waals surface area contributed by atoms with Crippen molar-refractivity contribution in [3.8, 4) is 28.5 Å². The first kappa shape index (κ1) is 18.1. The number of nitrogens with zero attached hydrogens (tertiary/aromatic N) is 4. The summed E-state index contributed by atoms with van der Waals surface area (Å²) in [6, 6.07) is 5.26. The van der Waals surface area contributed by atoms with Crippen LogP contribution in [-0.2, 0) is 0 Å². The van der Waals surface area contributed by atoms with Gasteiger partial charge < -0.3 is 19.5 Å². The van der Waals surface area contributed by atoms with Crippen molar-refractivity contribution < 1.29 is 23.0 Å². The third-order valence-corrected chi connectivity index (χ3v) is 4.59. The maximum absolute atomic E-state index is 14.5. The van der Waals surface area contributed by atoms with E-state index >= 15 is 0 Å². The molecule has 5 rings (SSSR count). The summed E-state index contributed by atoms with van der Waals surface area (Å²) in [5.74, 6) is 0.510. The maximum atomic E-state index is 14.5. The van der Waals surface area contributed by atoms with E-state index in [0.29, 0.717) is 42.0 Å². The van der Waals surface area contributed by atoms with E-state index in [1.165, 1.54) is 13.3 Å². The van der Waals surface area contributed by atoms with Crippen molar-refractivity contribution in [2.24, 2.45) is 0 Å². The number of imidazole rings is 1. The van der Waals surface area contributed by atoms with Gasteiger partial charge in [-0.15, -0.1) is 0 Å². The minimum atomic E-state index is -0.837. The number of aromatic nitrogens is 4. The van der Waals surface area contributed by atoms with Crippen LogP contribution in [0.25, 0.3) is 17.0 Å². The van der Waals surface area contributed by atoms with Crippen LogP contribution in [0.1, 0.15) is 0 Å². The lowest BCUT2D eigenvalue weighted by molar-refractivity contribution is 0.171. The Balaban J connectivity index is 1.69. The number of hydrogen-bond acceptors (Lipinski definition) is 7. The largest absolute Gasteiger partial charge is 0.494 e. The summed E-state index contributed by atoms with van der Waals surface area (Å²) in [4.78, 5) is 12.1. The van der Waals surface area contributed by atoms with Gasteiger partial charge in [-0.25, -0.2) is 18.7 Å². The minimum Gasteiger partial charge on any atom is -0.494 e. The molecule has 0 aliphatic carbocycles. The van der Waals surface area contributed by atoms with Gasteiger partial charge in [0.15, 0.2) is 28.9 Å². The molecule has 0 spiro atoms.